The van der Waals surface area contributed by atoms with Crippen molar-refractivity contribution in [2.75, 3.05) is 7.11 Å². The summed E-state index contributed by atoms with van der Waals surface area (Å²) >= 11 is 1.14. The molecule has 3 heteroatoms. The number of hydrogen-bond donors (Lipinski definition) is 0. The van der Waals surface area contributed by atoms with Gasteiger partial charge in [-0.2, -0.15) is 0 Å². The van der Waals surface area contributed by atoms with E-state index in [0.29, 0.717) is 0 Å². The van der Waals surface area contributed by atoms with Crippen LogP contribution < -0.4 is 0 Å². The number of methoxy groups -OCH3 is 1. The SMILES string of the molecule is COC(=O)Sc1c(C)cc(C)cc1C. The molecule has 0 aliphatic rings. The van der Waals surface area contributed by atoms with Gasteiger partial charge in [0.1, 0.15) is 0 Å². The minimum absolute atomic E-state index is 0.264. The van der Waals surface area contributed by atoms with E-state index in [4.69, 9.17) is 0 Å². The molecule has 0 aliphatic carbocycles. The first-order chi connectivity index (χ1) is 6.54. The van der Waals surface area contributed by atoms with E-state index in [9.17, 15) is 4.79 Å². The number of ether oxygens (including phenoxy) is 1. The van der Waals surface area contributed by atoms with Crippen LogP contribution in [-0.4, -0.2) is 12.4 Å². The highest BCUT2D eigenvalue weighted by Crippen LogP contribution is 2.28. The largest absolute Gasteiger partial charge is 0.461 e. The van der Waals surface area contributed by atoms with Crippen molar-refractivity contribution >= 4 is 17.1 Å². The van der Waals surface area contributed by atoms with Gasteiger partial charge in [0.05, 0.1) is 7.11 Å². The predicted molar refractivity (Wildman–Crippen MR) is 58.9 cm³/mol. The van der Waals surface area contributed by atoms with E-state index in [1.165, 1.54) is 12.7 Å². The molecule has 1 rings (SSSR count). The normalized spacial score (nSPS) is 10.0. The lowest BCUT2D eigenvalue weighted by Gasteiger charge is -2.08. The van der Waals surface area contributed by atoms with Crippen LogP contribution in [0.3, 0.4) is 0 Å². The van der Waals surface area contributed by atoms with Gasteiger partial charge in [0.25, 0.3) is 0 Å². The van der Waals surface area contributed by atoms with Crippen LogP contribution in [0.1, 0.15) is 16.7 Å². The highest BCUT2D eigenvalue weighted by molar-refractivity contribution is 8.13. The molecule has 0 aliphatic heterocycles. The summed E-state index contributed by atoms with van der Waals surface area (Å²) in [6, 6.07) is 4.14. The molecule has 0 amide bonds. The van der Waals surface area contributed by atoms with Gasteiger partial charge >= 0.3 is 5.30 Å². The Labute approximate surface area is 88.7 Å². The topological polar surface area (TPSA) is 26.3 Å². The number of carbonyl (C=O) groups is 1. The first-order valence-corrected chi connectivity index (χ1v) is 5.20. The molecule has 0 heterocycles. The van der Waals surface area contributed by atoms with E-state index in [0.717, 1.165) is 27.8 Å². The minimum Gasteiger partial charge on any atom is -0.461 e. The molecule has 1 aromatic rings. The van der Waals surface area contributed by atoms with Crippen LogP contribution in [0.4, 0.5) is 4.79 Å². The standard InChI is InChI=1S/C11H14O2S/c1-7-5-8(2)10(9(3)6-7)14-11(12)13-4/h5-6H,1-4H3. The molecule has 2 nitrogen and oxygen atoms in total. The van der Waals surface area contributed by atoms with Crippen LogP contribution in [0, 0.1) is 20.8 Å². The Morgan fingerprint density at radius 3 is 2.14 bits per heavy atom. The maximum atomic E-state index is 11.1. The maximum Gasteiger partial charge on any atom is 0.371 e. The molecule has 0 saturated carbocycles. The van der Waals surface area contributed by atoms with Crippen molar-refractivity contribution < 1.29 is 9.53 Å². The monoisotopic (exact) mass is 210 g/mol. The molecule has 0 N–H and O–H groups in total. The van der Waals surface area contributed by atoms with E-state index < -0.39 is 0 Å². The summed E-state index contributed by atoms with van der Waals surface area (Å²) in [5, 5.41) is -0.264. The third kappa shape index (κ3) is 2.51. The van der Waals surface area contributed by atoms with Crippen LogP contribution in [-0.2, 0) is 4.74 Å². The van der Waals surface area contributed by atoms with E-state index in [-0.39, 0.29) is 5.30 Å². The second kappa shape index (κ2) is 4.51. The number of thioether (sulfide) groups is 1. The molecule has 1 aromatic carbocycles. The molecule has 0 spiro atoms. The molecule has 14 heavy (non-hydrogen) atoms. The lowest BCUT2D eigenvalue weighted by molar-refractivity contribution is 0.200. The van der Waals surface area contributed by atoms with Crippen molar-refractivity contribution in [1.29, 1.82) is 0 Å². The highest BCUT2D eigenvalue weighted by Gasteiger charge is 2.09. The lowest BCUT2D eigenvalue weighted by atomic mass is 10.1. The number of carbonyl (C=O) groups excluding carboxylic acids is 1. The molecule has 0 aromatic heterocycles. The Morgan fingerprint density at radius 1 is 1.21 bits per heavy atom. The molecule has 0 radical (unpaired) electrons. The van der Waals surface area contributed by atoms with Gasteiger partial charge in [-0.1, -0.05) is 17.7 Å². The average molecular weight is 210 g/mol. The van der Waals surface area contributed by atoms with Gasteiger partial charge in [0, 0.05) is 4.90 Å². The second-order valence-corrected chi connectivity index (χ2v) is 4.23. The average Bonchev–Trinajstić information content (AvgIpc) is 2.10. The zero-order valence-corrected chi connectivity index (χ0v) is 9.70. The van der Waals surface area contributed by atoms with E-state index in [2.05, 4.69) is 16.9 Å². The van der Waals surface area contributed by atoms with E-state index >= 15 is 0 Å². The molecule has 0 fully saturated rings. The van der Waals surface area contributed by atoms with Crippen LogP contribution >= 0.6 is 11.8 Å². The Balaban J connectivity index is 3.02. The van der Waals surface area contributed by atoms with Crippen LogP contribution in [0.5, 0.6) is 0 Å². The van der Waals surface area contributed by atoms with Gasteiger partial charge in [-0.25, -0.2) is 4.79 Å². The van der Waals surface area contributed by atoms with Crippen LogP contribution in [0.2, 0.25) is 0 Å². The third-order valence-corrected chi connectivity index (χ3v) is 3.14. The summed E-state index contributed by atoms with van der Waals surface area (Å²) in [6.07, 6.45) is 0. The predicted octanol–water partition coefficient (Wildman–Crippen LogP) is 3.47. The Morgan fingerprint density at radius 2 is 1.71 bits per heavy atom. The summed E-state index contributed by atoms with van der Waals surface area (Å²) in [4.78, 5) is 12.1. The highest BCUT2D eigenvalue weighted by atomic mass is 32.2. The maximum absolute atomic E-state index is 11.1. The van der Waals surface area contributed by atoms with Crippen LogP contribution in [0.25, 0.3) is 0 Å². The van der Waals surface area contributed by atoms with Crippen molar-refractivity contribution in [1.82, 2.24) is 0 Å². The van der Waals surface area contributed by atoms with E-state index in [1.807, 2.05) is 20.8 Å². The van der Waals surface area contributed by atoms with E-state index in [1.54, 1.807) is 0 Å². The fourth-order valence-electron chi connectivity index (χ4n) is 1.45. The number of rotatable bonds is 1. The van der Waals surface area contributed by atoms with Gasteiger partial charge in [0.15, 0.2) is 0 Å². The quantitative estimate of drug-likeness (QED) is 0.524. The summed E-state index contributed by atoms with van der Waals surface area (Å²) in [5.41, 5.74) is 3.46. The summed E-state index contributed by atoms with van der Waals surface area (Å²) in [5.74, 6) is 0. The molecule has 76 valence electrons. The Hall–Kier alpha value is -0.960. The van der Waals surface area contributed by atoms with Gasteiger partial charge in [0.2, 0.25) is 0 Å². The zero-order valence-electron chi connectivity index (χ0n) is 8.88. The smallest absolute Gasteiger partial charge is 0.371 e. The molecule has 0 atom stereocenters. The fraction of sp³-hybridized carbons (Fsp3) is 0.364. The van der Waals surface area contributed by atoms with Crippen molar-refractivity contribution in [2.24, 2.45) is 0 Å². The van der Waals surface area contributed by atoms with Gasteiger partial charge in [-0.05, 0) is 43.7 Å². The number of benzene rings is 1. The molecule has 0 bridgehead atoms. The minimum atomic E-state index is -0.264. The summed E-state index contributed by atoms with van der Waals surface area (Å²) in [6.45, 7) is 6.06. The Kier molecular flexibility index (Phi) is 3.58. The molecular weight excluding hydrogens is 196 g/mol. The number of hydrogen-bond acceptors (Lipinski definition) is 3. The van der Waals surface area contributed by atoms with Crippen molar-refractivity contribution in [3.8, 4) is 0 Å². The molecular formula is C11H14O2S. The third-order valence-electron chi connectivity index (χ3n) is 1.96. The zero-order chi connectivity index (χ0) is 10.7. The number of aryl methyl sites for hydroxylation is 3. The van der Waals surface area contributed by atoms with Crippen LogP contribution in [0.15, 0.2) is 17.0 Å². The van der Waals surface area contributed by atoms with Gasteiger partial charge < -0.3 is 4.74 Å². The van der Waals surface area contributed by atoms with Gasteiger partial charge in [-0.15, -0.1) is 0 Å². The summed E-state index contributed by atoms with van der Waals surface area (Å²) < 4.78 is 4.62. The van der Waals surface area contributed by atoms with Crippen molar-refractivity contribution in [2.45, 2.75) is 25.7 Å². The lowest BCUT2D eigenvalue weighted by Crippen LogP contribution is -1.94. The van der Waals surface area contributed by atoms with Crippen molar-refractivity contribution in [3.63, 3.8) is 0 Å². The summed E-state index contributed by atoms with van der Waals surface area (Å²) in [7, 11) is 1.40. The van der Waals surface area contributed by atoms with Crippen molar-refractivity contribution in [3.05, 3.63) is 28.8 Å². The molecule has 0 saturated heterocycles. The second-order valence-electron chi connectivity index (χ2n) is 3.28. The first kappa shape index (κ1) is 11.1. The fourth-order valence-corrected chi connectivity index (χ4v) is 2.14. The van der Waals surface area contributed by atoms with Gasteiger partial charge in [-0.3, -0.25) is 0 Å². The molecule has 0 unspecified atom stereocenters. The first-order valence-electron chi connectivity index (χ1n) is 4.38. The Bertz CT molecular complexity index is 335.